The van der Waals surface area contributed by atoms with E-state index in [1.54, 1.807) is 17.4 Å². The molecular weight excluding hydrogens is 266 g/mol. The summed E-state index contributed by atoms with van der Waals surface area (Å²) in [5.74, 6) is 0. The van der Waals surface area contributed by atoms with E-state index in [-0.39, 0.29) is 6.04 Å². The quantitative estimate of drug-likeness (QED) is 0.799. The van der Waals surface area contributed by atoms with Gasteiger partial charge in [-0.1, -0.05) is 25.7 Å². The second-order valence-corrected chi connectivity index (χ2v) is 8.54. The fourth-order valence-corrected chi connectivity index (χ4v) is 5.40. The van der Waals surface area contributed by atoms with E-state index in [1.807, 2.05) is 13.0 Å². The highest BCUT2D eigenvalue weighted by molar-refractivity contribution is 7.91. The molecule has 0 aromatic carbocycles. The van der Waals surface area contributed by atoms with Crippen LogP contribution in [0.15, 0.2) is 16.3 Å². The Balaban J connectivity index is 2.18. The van der Waals surface area contributed by atoms with Gasteiger partial charge in [0.25, 0.3) is 10.0 Å². The summed E-state index contributed by atoms with van der Waals surface area (Å²) in [7, 11) is -1.55. The average molecular weight is 287 g/mol. The lowest BCUT2D eigenvalue weighted by Crippen LogP contribution is -2.36. The number of sulfonamides is 1. The standard InChI is InChI=1S/C13H21NO2S2/c1-11-9-10-13(17-11)18(15,16)14(2)12-7-5-3-4-6-8-12/h9-10,12H,3-8H2,1-2H3. The zero-order valence-corrected chi connectivity index (χ0v) is 12.7. The topological polar surface area (TPSA) is 37.4 Å². The molecule has 0 atom stereocenters. The predicted molar refractivity (Wildman–Crippen MR) is 75.5 cm³/mol. The first kappa shape index (κ1) is 14.0. The lowest BCUT2D eigenvalue weighted by molar-refractivity contribution is 0.336. The largest absolute Gasteiger partial charge is 0.252 e. The van der Waals surface area contributed by atoms with E-state index in [0.717, 1.165) is 30.6 Å². The molecule has 1 aromatic heterocycles. The monoisotopic (exact) mass is 287 g/mol. The van der Waals surface area contributed by atoms with Crippen molar-refractivity contribution < 1.29 is 8.42 Å². The Hall–Kier alpha value is -0.390. The van der Waals surface area contributed by atoms with Crippen molar-refractivity contribution in [2.45, 2.75) is 55.7 Å². The smallest absolute Gasteiger partial charge is 0.206 e. The van der Waals surface area contributed by atoms with Crippen molar-refractivity contribution in [3.63, 3.8) is 0 Å². The molecule has 0 radical (unpaired) electrons. The van der Waals surface area contributed by atoms with Crippen LogP contribution in [-0.2, 0) is 10.0 Å². The molecule has 0 saturated heterocycles. The van der Waals surface area contributed by atoms with Crippen LogP contribution in [0, 0.1) is 6.92 Å². The third kappa shape index (κ3) is 2.95. The maximum Gasteiger partial charge on any atom is 0.252 e. The lowest BCUT2D eigenvalue weighted by atomic mass is 10.1. The molecule has 0 N–H and O–H groups in total. The molecule has 5 heteroatoms. The summed E-state index contributed by atoms with van der Waals surface area (Å²) in [5, 5.41) is 0. The molecule has 2 rings (SSSR count). The van der Waals surface area contributed by atoms with Gasteiger partial charge < -0.3 is 0 Å². The number of hydrogen-bond acceptors (Lipinski definition) is 3. The van der Waals surface area contributed by atoms with Gasteiger partial charge in [-0.15, -0.1) is 11.3 Å². The van der Waals surface area contributed by atoms with Crippen LogP contribution in [0.2, 0.25) is 0 Å². The molecule has 0 unspecified atom stereocenters. The van der Waals surface area contributed by atoms with E-state index in [1.165, 1.54) is 24.2 Å². The molecule has 3 nitrogen and oxygen atoms in total. The zero-order chi connectivity index (χ0) is 13.2. The van der Waals surface area contributed by atoms with Crippen LogP contribution in [-0.4, -0.2) is 25.8 Å². The Labute approximate surface area is 114 Å². The van der Waals surface area contributed by atoms with Crippen LogP contribution in [0.25, 0.3) is 0 Å². The molecule has 1 aromatic rings. The van der Waals surface area contributed by atoms with Gasteiger partial charge in [0.1, 0.15) is 4.21 Å². The summed E-state index contributed by atoms with van der Waals surface area (Å²) in [6.45, 7) is 1.94. The average Bonchev–Trinajstić information content (AvgIpc) is 2.63. The van der Waals surface area contributed by atoms with Crippen LogP contribution in [0.5, 0.6) is 0 Å². The van der Waals surface area contributed by atoms with Crippen molar-refractivity contribution in [3.05, 3.63) is 17.0 Å². The van der Waals surface area contributed by atoms with Crippen LogP contribution in [0.4, 0.5) is 0 Å². The van der Waals surface area contributed by atoms with E-state index in [4.69, 9.17) is 0 Å². The Kier molecular flexibility index (Phi) is 4.45. The van der Waals surface area contributed by atoms with Gasteiger partial charge in [0, 0.05) is 18.0 Å². The third-order valence-corrected chi connectivity index (χ3v) is 7.07. The van der Waals surface area contributed by atoms with E-state index in [9.17, 15) is 8.42 Å². The highest BCUT2D eigenvalue weighted by atomic mass is 32.2. The van der Waals surface area contributed by atoms with Gasteiger partial charge in [-0.05, 0) is 31.9 Å². The molecular formula is C13H21NO2S2. The molecule has 0 spiro atoms. The molecule has 1 aliphatic carbocycles. The number of rotatable bonds is 3. The summed E-state index contributed by atoms with van der Waals surface area (Å²) >= 11 is 1.36. The van der Waals surface area contributed by atoms with Crippen molar-refractivity contribution in [1.82, 2.24) is 4.31 Å². The minimum absolute atomic E-state index is 0.180. The highest BCUT2D eigenvalue weighted by Crippen LogP contribution is 2.28. The predicted octanol–water partition coefficient (Wildman–Crippen LogP) is 3.40. The van der Waals surface area contributed by atoms with E-state index >= 15 is 0 Å². The summed E-state index contributed by atoms with van der Waals surface area (Å²) in [4.78, 5) is 1.04. The Bertz CT molecular complexity index is 485. The third-order valence-electron chi connectivity index (χ3n) is 3.69. The number of nitrogens with zero attached hydrogens (tertiary/aromatic N) is 1. The van der Waals surface area contributed by atoms with E-state index < -0.39 is 10.0 Å². The SMILES string of the molecule is Cc1ccc(S(=O)(=O)N(C)C2CCCCCC2)s1. The van der Waals surface area contributed by atoms with Crippen molar-refractivity contribution >= 4 is 21.4 Å². The first-order chi connectivity index (χ1) is 8.51. The molecule has 102 valence electrons. The zero-order valence-electron chi connectivity index (χ0n) is 11.1. The van der Waals surface area contributed by atoms with Gasteiger partial charge in [-0.2, -0.15) is 4.31 Å². The minimum atomic E-state index is -3.28. The molecule has 1 fully saturated rings. The van der Waals surface area contributed by atoms with Crippen molar-refractivity contribution in [2.75, 3.05) is 7.05 Å². The van der Waals surface area contributed by atoms with Gasteiger partial charge in [0.05, 0.1) is 0 Å². The molecule has 1 aliphatic rings. The maximum absolute atomic E-state index is 12.5. The Morgan fingerprint density at radius 3 is 2.28 bits per heavy atom. The molecule has 0 amide bonds. The summed E-state index contributed by atoms with van der Waals surface area (Å²) < 4.78 is 27.1. The van der Waals surface area contributed by atoms with Gasteiger partial charge in [0.2, 0.25) is 0 Å². The number of aryl methyl sites for hydroxylation is 1. The Morgan fingerprint density at radius 2 is 1.78 bits per heavy atom. The van der Waals surface area contributed by atoms with Crippen LogP contribution in [0.1, 0.15) is 43.4 Å². The lowest BCUT2D eigenvalue weighted by Gasteiger charge is -2.25. The maximum atomic E-state index is 12.5. The van der Waals surface area contributed by atoms with Crippen LogP contribution >= 0.6 is 11.3 Å². The summed E-state index contributed by atoms with van der Waals surface area (Å²) in [5.41, 5.74) is 0. The van der Waals surface area contributed by atoms with Gasteiger partial charge in [-0.25, -0.2) is 8.42 Å². The van der Waals surface area contributed by atoms with Crippen molar-refractivity contribution in [1.29, 1.82) is 0 Å². The minimum Gasteiger partial charge on any atom is -0.206 e. The number of thiophene rings is 1. The molecule has 18 heavy (non-hydrogen) atoms. The molecule has 0 bridgehead atoms. The Morgan fingerprint density at radius 1 is 1.17 bits per heavy atom. The van der Waals surface area contributed by atoms with E-state index in [0.29, 0.717) is 4.21 Å². The highest BCUT2D eigenvalue weighted by Gasteiger charge is 2.29. The van der Waals surface area contributed by atoms with Crippen molar-refractivity contribution in [2.24, 2.45) is 0 Å². The fraction of sp³-hybridized carbons (Fsp3) is 0.692. The molecule has 0 aliphatic heterocycles. The number of hydrogen-bond donors (Lipinski definition) is 0. The summed E-state index contributed by atoms with van der Waals surface area (Å²) in [6.07, 6.45) is 6.77. The van der Waals surface area contributed by atoms with Gasteiger partial charge in [0.15, 0.2) is 0 Å². The van der Waals surface area contributed by atoms with Gasteiger partial charge >= 0.3 is 0 Å². The van der Waals surface area contributed by atoms with E-state index in [2.05, 4.69) is 0 Å². The second kappa shape index (κ2) is 5.72. The normalized spacial score (nSPS) is 19.1. The van der Waals surface area contributed by atoms with Crippen LogP contribution in [0.3, 0.4) is 0 Å². The molecule has 1 heterocycles. The summed E-state index contributed by atoms with van der Waals surface area (Å²) in [6, 6.07) is 3.78. The van der Waals surface area contributed by atoms with Crippen molar-refractivity contribution in [3.8, 4) is 0 Å². The fourth-order valence-electron chi connectivity index (χ4n) is 2.51. The molecule has 1 saturated carbocycles. The second-order valence-electron chi connectivity index (χ2n) is 5.03. The first-order valence-corrected chi connectivity index (χ1v) is 8.82. The van der Waals surface area contributed by atoms with Gasteiger partial charge in [-0.3, -0.25) is 0 Å². The first-order valence-electron chi connectivity index (χ1n) is 6.56. The van der Waals surface area contributed by atoms with Crippen LogP contribution < -0.4 is 0 Å².